The first kappa shape index (κ1) is 5.71. The van der Waals surface area contributed by atoms with Crippen molar-refractivity contribution in [1.29, 1.82) is 0 Å². The van der Waals surface area contributed by atoms with E-state index in [4.69, 9.17) is 1.37 Å². The predicted molar refractivity (Wildman–Crippen MR) is 42.5 cm³/mol. The van der Waals surface area contributed by atoms with Gasteiger partial charge in [-0.25, -0.2) is 4.98 Å². The van der Waals surface area contributed by atoms with Gasteiger partial charge in [-0.05, 0) is 12.5 Å². The van der Waals surface area contributed by atoms with E-state index in [-0.39, 0.29) is 0 Å². The van der Waals surface area contributed by atoms with Crippen LogP contribution >= 0.6 is 0 Å². The molecule has 0 aliphatic carbocycles. The third-order valence-electron chi connectivity index (χ3n) is 1.32. The summed E-state index contributed by atoms with van der Waals surface area (Å²) in [5.74, 6) is 0. The summed E-state index contributed by atoms with van der Waals surface area (Å²) in [5.41, 5.74) is 0.983. The summed E-state index contributed by atoms with van der Waals surface area (Å²) >= 11 is 0. The third-order valence-corrected chi connectivity index (χ3v) is 1.32. The Bertz CT molecular complexity index is 263. The summed E-state index contributed by atoms with van der Waals surface area (Å²) in [5, 5.41) is 0. The Morgan fingerprint density at radius 3 is 3.20 bits per heavy atom. The standard InChI is InChI=1S/C8H12N2/c1-3-4-5-8-6-9-7-10(8)2/h4-7H,3H2,1-2H3/i7D. The molecule has 0 atom stereocenters. The van der Waals surface area contributed by atoms with Gasteiger partial charge in [-0.2, -0.15) is 0 Å². The summed E-state index contributed by atoms with van der Waals surface area (Å²) in [4.78, 5) is 3.85. The minimum Gasteiger partial charge on any atom is -0.334 e. The highest BCUT2D eigenvalue weighted by molar-refractivity contribution is 5.43. The summed E-state index contributed by atoms with van der Waals surface area (Å²) in [6, 6.07) is 0. The molecule has 0 amide bonds. The van der Waals surface area contributed by atoms with E-state index in [1.807, 2.05) is 13.1 Å². The Hall–Kier alpha value is -1.05. The van der Waals surface area contributed by atoms with Gasteiger partial charge in [0.2, 0.25) is 0 Å². The van der Waals surface area contributed by atoms with Crippen LogP contribution in [0.5, 0.6) is 0 Å². The Kier molecular flexibility index (Phi) is 1.83. The van der Waals surface area contributed by atoms with Gasteiger partial charge in [-0.1, -0.05) is 13.0 Å². The lowest BCUT2D eigenvalue weighted by Crippen LogP contribution is -1.86. The molecule has 2 heteroatoms. The van der Waals surface area contributed by atoms with Crippen molar-refractivity contribution < 1.29 is 1.37 Å². The number of nitrogens with zero attached hydrogens (tertiary/aromatic N) is 2. The minimum atomic E-state index is 0.306. The first-order valence-electron chi connectivity index (χ1n) is 3.90. The molecule has 0 fully saturated rings. The van der Waals surface area contributed by atoms with E-state index in [1.165, 1.54) is 0 Å². The van der Waals surface area contributed by atoms with Gasteiger partial charge >= 0.3 is 0 Å². The topological polar surface area (TPSA) is 17.8 Å². The van der Waals surface area contributed by atoms with Crippen LogP contribution in [-0.2, 0) is 7.05 Å². The molecule has 0 aliphatic rings. The van der Waals surface area contributed by atoms with E-state index in [2.05, 4.69) is 18.0 Å². The van der Waals surface area contributed by atoms with Crippen molar-refractivity contribution in [3.8, 4) is 0 Å². The normalized spacial score (nSPS) is 12.4. The molecule has 0 aliphatic heterocycles. The number of aromatic nitrogens is 2. The van der Waals surface area contributed by atoms with Crippen LogP contribution in [0.3, 0.4) is 0 Å². The van der Waals surface area contributed by atoms with Gasteiger partial charge in [0, 0.05) is 7.05 Å². The lowest BCUT2D eigenvalue weighted by atomic mass is 10.3. The third kappa shape index (κ3) is 1.47. The van der Waals surface area contributed by atoms with Gasteiger partial charge in [0.15, 0.2) is 0 Å². The highest BCUT2D eigenvalue weighted by Gasteiger charge is 1.88. The first-order chi connectivity index (χ1) is 5.25. The van der Waals surface area contributed by atoms with Gasteiger partial charge in [0.05, 0.1) is 18.2 Å². The molecular formula is C8H12N2. The quantitative estimate of drug-likeness (QED) is 0.608. The highest BCUT2D eigenvalue weighted by atomic mass is 15.0. The summed E-state index contributed by atoms with van der Waals surface area (Å²) in [7, 11) is 1.84. The number of rotatable bonds is 2. The minimum absolute atomic E-state index is 0.306. The molecule has 1 aromatic heterocycles. The Morgan fingerprint density at radius 2 is 2.70 bits per heavy atom. The van der Waals surface area contributed by atoms with Crippen LogP contribution in [0.4, 0.5) is 0 Å². The number of hydrogen-bond acceptors (Lipinski definition) is 1. The molecule has 1 aromatic rings. The second-order valence-corrected chi connectivity index (χ2v) is 2.15. The molecule has 10 heavy (non-hydrogen) atoms. The van der Waals surface area contributed by atoms with Crippen molar-refractivity contribution in [1.82, 2.24) is 9.55 Å². The maximum atomic E-state index is 7.29. The number of allylic oxidation sites excluding steroid dienone is 1. The Morgan fingerprint density at radius 1 is 1.90 bits per heavy atom. The summed E-state index contributed by atoms with van der Waals surface area (Å²) in [6.07, 6.45) is 7.05. The van der Waals surface area contributed by atoms with E-state index in [1.54, 1.807) is 10.8 Å². The first-order valence-corrected chi connectivity index (χ1v) is 3.40. The van der Waals surface area contributed by atoms with Crippen LogP contribution < -0.4 is 0 Å². The second-order valence-electron chi connectivity index (χ2n) is 2.15. The SMILES string of the molecule is [2H]c1ncc(C=CCC)n1C. The average molecular weight is 137 g/mol. The molecule has 54 valence electrons. The Labute approximate surface area is 62.6 Å². The number of hydrogen-bond donors (Lipinski definition) is 0. The van der Waals surface area contributed by atoms with Gasteiger partial charge in [0.1, 0.15) is 1.37 Å². The zero-order valence-corrected chi connectivity index (χ0v) is 6.33. The molecule has 0 bridgehead atoms. The van der Waals surface area contributed by atoms with Crippen LogP contribution in [0.25, 0.3) is 6.08 Å². The lowest BCUT2D eigenvalue weighted by Gasteiger charge is -1.91. The molecule has 0 unspecified atom stereocenters. The molecule has 0 saturated heterocycles. The summed E-state index contributed by atoms with van der Waals surface area (Å²) in [6.45, 7) is 2.08. The van der Waals surface area contributed by atoms with Crippen molar-refractivity contribution in [3.63, 3.8) is 0 Å². The van der Waals surface area contributed by atoms with E-state index in [0.29, 0.717) is 6.30 Å². The Balaban J connectivity index is 2.87. The van der Waals surface area contributed by atoms with Gasteiger partial charge in [-0.15, -0.1) is 0 Å². The maximum absolute atomic E-state index is 7.29. The van der Waals surface area contributed by atoms with Crippen molar-refractivity contribution in [3.05, 3.63) is 24.3 Å². The van der Waals surface area contributed by atoms with E-state index in [9.17, 15) is 0 Å². The smallest absolute Gasteiger partial charge is 0.104 e. The van der Waals surface area contributed by atoms with Crippen molar-refractivity contribution in [2.75, 3.05) is 0 Å². The predicted octanol–water partition coefficient (Wildman–Crippen LogP) is 1.84. The largest absolute Gasteiger partial charge is 0.334 e. The molecule has 0 radical (unpaired) electrons. The van der Waals surface area contributed by atoms with Crippen LogP contribution in [0.15, 0.2) is 18.6 Å². The van der Waals surface area contributed by atoms with E-state index >= 15 is 0 Å². The van der Waals surface area contributed by atoms with Gasteiger partial charge < -0.3 is 4.57 Å². The van der Waals surface area contributed by atoms with Crippen LogP contribution in [-0.4, -0.2) is 9.55 Å². The van der Waals surface area contributed by atoms with E-state index in [0.717, 1.165) is 12.1 Å². The van der Waals surface area contributed by atoms with Gasteiger partial charge in [0.25, 0.3) is 0 Å². The monoisotopic (exact) mass is 137 g/mol. The van der Waals surface area contributed by atoms with Crippen molar-refractivity contribution in [2.24, 2.45) is 7.05 Å². The molecule has 2 nitrogen and oxygen atoms in total. The zero-order chi connectivity index (χ0) is 8.27. The molecule has 0 N–H and O–H groups in total. The molecule has 0 aromatic carbocycles. The van der Waals surface area contributed by atoms with Crippen molar-refractivity contribution in [2.45, 2.75) is 13.3 Å². The molecule has 1 rings (SSSR count). The highest BCUT2D eigenvalue weighted by Crippen LogP contribution is 1.99. The van der Waals surface area contributed by atoms with Crippen LogP contribution in [0.2, 0.25) is 0 Å². The number of imidazole rings is 1. The fourth-order valence-corrected chi connectivity index (χ4v) is 0.719. The van der Waals surface area contributed by atoms with Gasteiger partial charge in [-0.3, -0.25) is 0 Å². The van der Waals surface area contributed by atoms with Crippen molar-refractivity contribution >= 4 is 6.08 Å². The lowest BCUT2D eigenvalue weighted by molar-refractivity contribution is 0.901. The summed E-state index contributed by atoms with van der Waals surface area (Å²) < 4.78 is 9.04. The molecule has 0 saturated carbocycles. The van der Waals surface area contributed by atoms with Crippen LogP contribution in [0.1, 0.15) is 20.4 Å². The fraction of sp³-hybridized carbons (Fsp3) is 0.375. The molecule has 1 heterocycles. The average Bonchev–Trinajstić information content (AvgIpc) is 2.31. The van der Waals surface area contributed by atoms with E-state index < -0.39 is 0 Å². The molecule has 0 spiro atoms. The second kappa shape index (κ2) is 3.20. The maximum Gasteiger partial charge on any atom is 0.104 e. The fourth-order valence-electron chi connectivity index (χ4n) is 0.719. The zero-order valence-electron chi connectivity index (χ0n) is 7.33. The molecular weight excluding hydrogens is 124 g/mol. The van der Waals surface area contributed by atoms with Crippen LogP contribution in [0, 0.1) is 0 Å².